The summed E-state index contributed by atoms with van der Waals surface area (Å²) in [6.07, 6.45) is 3.55. The SMILES string of the molecule is Cl.Nc1cccc2c1CCCN2C(=O)CSCc1cc(=O)n2ccsc2n1. The van der Waals surface area contributed by atoms with E-state index in [-0.39, 0.29) is 23.9 Å². The molecule has 4 rings (SSSR count). The number of benzene rings is 1. The van der Waals surface area contributed by atoms with Gasteiger partial charge in [-0.15, -0.1) is 35.5 Å². The summed E-state index contributed by atoms with van der Waals surface area (Å²) in [4.78, 5) is 31.7. The van der Waals surface area contributed by atoms with Crippen molar-refractivity contribution in [3.8, 4) is 0 Å². The summed E-state index contributed by atoms with van der Waals surface area (Å²) in [6, 6.07) is 7.27. The van der Waals surface area contributed by atoms with E-state index < -0.39 is 0 Å². The average Bonchev–Trinajstić information content (AvgIpc) is 3.11. The van der Waals surface area contributed by atoms with Gasteiger partial charge in [0.1, 0.15) is 0 Å². The molecule has 1 aliphatic rings. The summed E-state index contributed by atoms with van der Waals surface area (Å²) in [5.41, 5.74) is 9.42. The van der Waals surface area contributed by atoms with E-state index >= 15 is 0 Å². The summed E-state index contributed by atoms with van der Waals surface area (Å²) in [7, 11) is 0. The van der Waals surface area contributed by atoms with Gasteiger partial charge < -0.3 is 10.6 Å². The van der Waals surface area contributed by atoms with E-state index in [2.05, 4.69) is 4.98 Å². The zero-order chi connectivity index (χ0) is 18.1. The van der Waals surface area contributed by atoms with Gasteiger partial charge in [0.2, 0.25) is 5.91 Å². The predicted molar refractivity (Wildman–Crippen MR) is 114 cm³/mol. The van der Waals surface area contributed by atoms with Crippen LogP contribution < -0.4 is 16.2 Å². The van der Waals surface area contributed by atoms with Crippen molar-refractivity contribution in [3.05, 3.63) is 57.5 Å². The van der Waals surface area contributed by atoms with Crippen molar-refractivity contribution in [2.24, 2.45) is 0 Å². The zero-order valence-electron chi connectivity index (χ0n) is 14.5. The largest absolute Gasteiger partial charge is 0.398 e. The molecule has 0 fully saturated rings. The molecule has 0 bridgehead atoms. The molecule has 0 saturated carbocycles. The van der Waals surface area contributed by atoms with Crippen LogP contribution in [0.1, 0.15) is 17.7 Å². The molecule has 0 radical (unpaired) electrons. The Morgan fingerprint density at radius 3 is 3.07 bits per heavy atom. The second-order valence-corrected chi connectivity index (χ2v) is 7.99. The molecule has 0 unspecified atom stereocenters. The first kappa shape index (κ1) is 19.7. The molecule has 2 N–H and O–H groups in total. The molecule has 142 valence electrons. The van der Waals surface area contributed by atoms with Gasteiger partial charge in [0, 0.05) is 41.3 Å². The van der Waals surface area contributed by atoms with Crippen LogP contribution in [0.4, 0.5) is 11.4 Å². The number of halogens is 1. The molecule has 9 heteroatoms. The van der Waals surface area contributed by atoms with Crippen LogP contribution in [0.3, 0.4) is 0 Å². The lowest BCUT2D eigenvalue weighted by Gasteiger charge is -2.30. The number of aromatic nitrogens is 2. The highest BCUT2D eigenvalue weighted by Crippen LogP contribution is 2.31. The number of carbonyl (C=O) groups excluding carboxylic acids is 1. The summed E-state index contributed by atoms with van der Waals surface area (Å²) in [5.74, 6) is 0.947. The van der Waals surface area contributed by atoms with Gasteiger partial charge in [-0.25, -0.2) is 4.98 Å². The second-order valence-electron chi connectivity index (χ2n) is 6.13. The van der Waals surface area contributed by atoms with Crippen LogP contribution in [0, 0.1) is 0 Å². The third-order valence-electron chi connectivity index (χ3n) is 4.42. The molecular formula is C18H19ClN4O2S2. The fourth-order valence-electron chi connectivity index (χ4n) is 3.19. The van der Waals surface area contributed by atoms with Gasteiger partial charge in [-0.2, -0.15) is 0 Å². The van der Waals surface area contributed by atoms with Gasteiger partial charge in [0.25, 0.3) is 5.56 Å². The van der Waals surface area contributed by atoms with Gasteiger partial charge in [0.15, 0.2) is 4.96 Å². The summed E-state index contributed by atoms with van der Waals surface area (Å²) >= 11 is 2.91. The highest BCUT2D eigenvalue weighted by Gasteiger charge is 2.23. The van der Waals surface area contributed by atoms with Gasteiger partial charge >= 0.3 is 0 Å². The maximum absolute atomic E-state index is 12.7. The molecule has 2 aromatic heterocycles. The first-order valence-corrected chi connectivity index (χ1v) is 10.4. The van der Waals surface area contributed by atoms with Crippen molar-refractivity contribution in [2.75, 3.05) is 22.9 Å². The predicted octanol–water partition coefficient (Wildman–Crippen LogP) is 2.97. The van der Waals surface area contributed by atoms with E-state index in [1.807, 2.05) is 28.5 Å². The van der Waals surface area contributed by atoms with Gasteiger partial charge in [0.05, 0.1) is 11.4 Å². The van der Waals surface area contributed by atoms with Gasteiger partial charge in [-0.05, 0) is 30.5 Å². The molecule has 6 nitrogen and oxygen atoms in total. The topological polar surface area (TPSA) is 80.7 Å². The lowest BCUT2D eigenvalue weighted by Crippen LogP contribution is -2.37. The Bertz CT molecular complexity index is 1030. The Balaban J connectivity index is 0.00000210. The van der Waals surface area contributed by atoms with Crippen molar-refractivity contribution >= 4 is 57.7 Å². The molecule has 1 aromatic carbocycles. The van der Waals surface area contributed by atoms with E-state index in [0.717, 1.165) is 36.3 Å². The number of nitrogens with zero attached hydrogens (tertiary/aromatic N) is 3. The number of thiazole rings is 1. The molecule has 0 saturated heterocycles. The second kappa shape index (κ2) is 8.33. The molecule has 0 atom stereocenters. The quantitative estimate of drug-likeness (QED) is 0.654. The van der Waals surface area contributed by atoms with E-state index in [9.17, 15) is 9.59 Å². The first-order chi connectivity index (χ1) is 12.6. The van der Waals surface area contributed by atoms with Crippen LogP contribution in [0.5, 0.6) is 0 Å². The van der Waals surface area contributed by atoms with Crippen molar-refractivity contribution in [1.82, 2.24) is 9.38 Å². The summed E-state index contributed by atoms with van der Waals surface area (Å²) in [5, 5.41) is 1.84. The number of hydrogen-bond acceptors (Lipinski definition) is 6. The number of carbonyl (C=O) groups is 1. The molecule has 27 heavy (non-hydrogen) atoms. The molecule has 1 amide bonds. The van der Waals surface area contributed by atoms with Crippen LogP contribution in [0.15, 0.2) is 40.6 Å². The number of amides is 1. The number of thioether (sulfide) groups is 1. The average molecular weight is 423 g/mol. The minimum Gasteiger partial charge on any atom is -0.398 e. The Morgan fingerprint density at radius 2 is 2.22 bits per heavy atom. The van der Waals surface area contributed by atoms with Crippen molar-refractivity contribution < 1.29 is 4.79 Å². The van der Waals surface area contributed by atoms with Crippen molar-refractivity contribution in [2.45, 2.75) is 18.6 Å². The van der Waals surface area contributed by atoms with E-state index in [1.54, 1.807) is 6.20 Å². The van der Waals surface area contributed by atoms with Crippen molar-refractivity contribution in [1.29, 1.82) is 0 Å². The van der Waals surface area contributed by atoms with E-state index in [0.29, 0.717) is 22.2 Å². The smallest absolute Gasteiger partial charge is 0.258 e. The highest BCUT2D eigenvalue weighted by molar-refractivity contribution is 7.99. The van der Waals surface area contributed by atoms with Crippen LogP contribution >= 0.6 is 35.5 Å². The minimum absolute atomic E-state index is 0. The number of nitrogen functional groups attached to an aromatic ring is 1. The Morgan fingerprint density at radius 1 is 1.37 bits per heavy atom. The van der Waals surface area contributed by atoms with Crippen LogP contribution in [0.25, 0.3) is 4.96 Å². The highest BCUT2D eigenvalue weighted by atomic mass is 35.5. The first-order valence-electron chi connectivity index (χ1n) is 8.35. The fourth-order valence-corrected chi connectivity index (χ4v) is 4.72. The van der Waals surface area contributed by atoms with Crippen LogP contribution in [0.2, 0.25) is 0 Å². The molecule has 0 spiro atoms. The number of anilines is 2. The normalized spacial score (nSPS) is 13.3. The van der Waals surface area contributed by atoms with Gasteiger partial charge in [-0.1, -0.05) is 6.07 Å². The number of hydrogen-bond donors (Lipinski definition) is 1. The Kier molecular flexibility index (Phi) is 6.08. The lowest BCUT2D eigenvalue weighted by molar-refractivity contribution is -0.116. The van der Waals surface area contributed by atoms with Crippen molar-refractivity contribution in [3.63, 3.8) is 0 Å². The number of rotatable bonds is 4. The standard InChI is InChI=1S/C18H18N4O2S2.ClH/c19-14-4-1-5-15-13(14)3-2-6-21(15)17(24)11-25-10-12-9-16(23)22-7-8-26-18(22)20-12;/h1,4-5,7-9H,2-3,6,10-11,19H2;1H. The van der Waals surface area contributed by atoms with E-state index in [4.69, 9.17) is 5.73 Å². The fraction of sp³-hybridized carbons (Fsp3) is 0.278. The van der Waals surface area contributed by atoms with E-state index in [1.165, 1.54) is 33.6 Å². The molecular weight excluding hydrogens is 404 g/mol. The third-order valence-corrected chi connectivity index (χ3v) is 6.13. The molecule has 1 aliphatic heterocycles. The zero-order valence-corrected chi connectivity index (χ0v) is 16.9. The Hall–Kier alpha value is -2.03. The van der Waals surface area contributed by atoms with Gasteiger partial charge in [-0.3, -0.25) is 14.0 Å². The van der Waals surface area contributed by atoms with Crippen LogP contribution in [-0.4, -0.2) is 27.6 Å². The third kappa shape index (κ3) is 3.97. The summed E-state index contributed by atoms with van der Waals surface area (Å²) < 4.78 is 1.53. The maximum Gasteiger partial charge on any atom is 0.258 e. The monoisotopic (exact) mass is 422 g/mol. The number of fused-ring (bicyclic) bond motifs is 2. The molecule has 3 aromatic rings. The number of nitrogens with two attached hydrogens (primary N) is 1. The Labute approximate surface area is 170 Å². The molecule has 3 heterocycles. The molecule has 0 aliphatic carbocycles. The van der Waals surface area contributed by atoms with Crippen LogP contribution in [-0.2, 0) is 17.0 Å². The maximum atomic E-state index is 12.7. The summed E-state index contributed by atoms with van der Waals surface area (Å²) in [6.45, 7) is 0.719. The lowest BCUT2D eigenvalue weighted by atomic mass is 10.00. The minimum atomic E-state index is -0.0846.